The summed E-state index contributed by atoms with van der Waals surface area (Å²) >= 11 is 0. The van der Waals surface area contributed by atoms with E-state index < -0.39 is 5.41 Å². The van der Waals surface area contributed by atoms with Gasteiger partial charge in [0, 0.05) is 31.2 Å². The second-order valence-electron chi connectivity index (χ2n) is 5.21. The fourth-order valence-electron chi connectivity index (χ4n) is 2.40. The molecule has 96 valence electrons. The van der Waals surface area contributed by atoms with Crippen LogP contribution in [0.25, 0.3) is 10.9 Å². The van der Waals surface area contributed by atoms with Gasteiger partial charge in [-0.2, -0.15) is 0 Å². The average molecular weight is 245 g/mol. The Labute approximate surface area is 107 Å². The van der Waals surface area contributed by atoms with Gasteiger partial charge in [-0.05, 0) is 25.5 Å². The minimum atomic E-state index is -0.635. The van der Waals surface area contributed by atoms with Gasteiger partial charge in [-0.3, -0.25) is 9.80 Å². The summed E-state index contributed by atoms with van der Waals surface area (Å²) in [7, 11) is 3.56. The molecule has 18 heavy (non-hydrogen) atoms. The van der Waals surface area contributed by atoms with Crippen LogP contribution in [0, 0.1) is 0 Å². The number of nitrogens with zero attached hydrogens (tertiary/aromatic N) is 2. The maximum absolute atomic E-state index is 12.2. The van der Waals surface area contributed by atoms with Crippen LogP contribution in [0.4, 0.5) is 0 Å². The molecular formula is C14H19N3O. The molecule has 0 radical (unpaired) electrons. The highest BCUT2D eigenvalue weighted by Gasteiger charge is 2.34. The summed E-state index contributed by atoms with van der Waals surface area (Å²) in [4.78, 5) is 12.2. The molecule has 0 aliphatic heterocycles. The van der Waals surface area contributed by atoms with Crippen molar-refractivity contribution in [2.45, 2.75) is 19.3 Å². The number of amides is 1. The van der Waals surface area contributed by atoms with Gasteiger partial charge in [0.2, 0.25) is 5.91 Å². The second-order valence-corrected chi connectivity index (χ2v) is 5.21. The number of rotatable bonds is 2. The predicted molar refractivity (Wildman–Crippen MR) is 72.9 cm³/mol. The number of aryl methyl sites for hydroxylation is 1. The maximum Gasteiger partial charge on any atom is 0.246 e. The standard InChI is InChI=1S/C14H19N3O/c1-14(2,13(18)17(4)15)11-9-16(3)12-8-6-5-7-10(11)12/h5-9H,15H2,1-4H3. The largest absolute Gasteiger partial charge is 0.350 e. The topological polar surface area (TPSA) is 51.3 Å². The lowest BCUT2D eigenvalue weighted by molar-refractivity contribution is -0.135. The van der Waals surface area contributed by atoms with Crippen LogP contribution < -0.4 is 5.84 Å². The van der Waals surface area contributed by atoms with Crippen molar-refractivity contribution in [1.29, 1.82) is 0 Å². The highest BCUT2D eigenvalue weighted by Crippen LogP contribution is 2.32. The molecule has 0 atom stereocenters. The molecule has 2 rings (SSSR count). The zero-order valence-electron chi connectivity index (χ0n) is 11.3. The Balaban J connectivity index is 2.64. The monoisotopic (exact) mass is 245 g/mol. The van der Waals surface area contributed by atoms with Crippen molar-refractivity contribution in [3.63, 3.8) is 0 Å². The molecule has 1 amide bonds. The number of hydrazine groups is 1. The average Bonchev–Trinajstić information content (AvgIpc) is 2.67. The normalized spacial score (nSPS) is 11.8. The van der Waals surface area contributed by atoms with Gasteiger partial charge in [0.15, 0.2) is 0 Å². The van der Waals surface area contributed by atoms with Crippen molar-refractivity contribution < 1.29 is 4.79 Å². The summed E-state index contributed by atoms with van der Waals surface area (Å²) in [6.45, 7) is 3.81. The maximum atomic E-state index is 12.2. The van der Waals surface area contributed by atoms with Crippen molar-refractivity contribution >= 4 is 16.8 Å². The lowest BCUT2D eigenvalue weighted by Gasteiger charge is -2.26. The Morgan fingerprint density at radius 3 is 2.56 bits per heavy atom. The van der Waals surface area contributed by atoms with E-state index in [2.05, 4.69) is 0 Å². The zero-order valence-corrected chi connectivity index (χ0v) is 11.3. The van der Waals surface area contributed by atoms with E-state index in [-0.39, 0.29) is 5.91 Å². The Kier molecular flexibility index (Phi) is 2.91. The van der Waals surface area contributed by atoms with E-state index in [9.17, 15) is 4.79 Å². The number of hydrogen-bond donors (Lipinski definition) is 1. The first-order valence-corrected chi connectivity index (χ1v) is 5.93. The van der Waals surface area contributed by atoms with Crippen molar-refractivity contribution in [3.05, 3.63) is 36.0 Å². The molecule has 2 N–H and O–H groups in total. The Morgan fingerprint density at radius 2 is 1.94 bits per heavy atom. The molecule has 1 aromatic carbocycles. The Hall–Kier alpha value is -1.81. The molecule has 4 heteroatoms. The summed E-state index contributed by atoms with van der Waals surface area (Å²) in [5.74, 6) is 5.49. The zero-order chi connectivity index (χ0) is 13.5. The third kappa shape index (κ3) is 1.78. The number of carbonyl (C=O) groups is 1. The van der Waals surface area contributed by atoms with Crippen LogP contribution in [0.15, 0.2) is 30.5 Å². The van der Waals surface area contributed by atoms with Crippen LogP contribution in [-0.4, -0.2) is 22.5 Å². The smallest absolute Gasteiger partial charge is 0.246 e. The van der Waals surface area contributed by atoms with Crippen LogP contribution in [-0.2, 0) is 17.3 Å². The van der Waals surface area contributed by atoms with Crippen molar-refractivity contribution in [1.82, 2.24) is 9.58 Å². The number of benzene rings is 1. The minimum Gasteiger partial charge on any atom is -0.350 e. The molecule has 0 fully saturated rings. The minimum absolute atomic E-state index is 0.0983. The molecule has 0 unspecified atom stereocenters. The molecule has 0 saturated heterocycles. The van der Waals surface area contributed by atoms with Gasteiger partial charge >= 0.3 is 0 Å². The predicted octanol–water partition coefficient (Wildman–Crippen LogP) is 1.79. The molecule has 0 spiro atoms. The number of nitrogens with two attached hydrogens (primary N) is 1. The number of para-hydroxylation sites is 1. The lowest BCUT2D eigenvalue weighted by Crippen LogP contribution is -2.44. The molecule has 4 nitrogen and oxygen atoms in total. The van der Waals surface area contributed by atoms with E-state index in [0.29, 0.717) is 0 Å². The second kappa shape index (κ2) is 4.14. The number of fused-ring (bicyclic) bond motifs is 1. The third-order valence-corrected chi connectivity index (χ3v) is 3.43. The SMILES string of the molecule is CN(N)C(=O)C(C)(C)c1cn(C)c2ccccc12. The van der Waals surface area contributed by atoms with E-state index in [1.165, 1.54) is 0 Å². The van der Waals surface area contributed by atoms with Crippen molar-refractivity contribution in [2.24, 2.45) is 12.9 Å². The van der Waals surface area contributed by atoms with Crippen molar-refractivity contribution in [2.75, 3.05) is 7.05 Å². The number of hydrogen-bond acceptors (Lipinski definition) is 2. The Morgan fingerprint density at radius 1 is 1.33 bits per heavy atom. The molecule has 0 saturated carbocycles. The molecule has 1 heterocycles. The van der Waals surface area contributed by atoms with E-state index >= 15 is 0 Å². The van der Waals surface area contributed by atoms with Crippen LogP contribution in [0.2, 0.25) is 0 Å². The number of aromatic nitrogens is 1. The molecule has 2 aromatic rings. The van der Waals surface area contributed by atoms with Gasteiger partial charge in [-0.15, -0.1) is 0 Å². The van der Waals surface area contributed by atoms with Gasteiger partial charge < -0.3 is 4.57 Å². The van der Waals surface area contributed by atoms with E-state index in [0.717, 1.165) is 21.5 Å². The van der Waals surface area contributed by atoms with E-state index in [1.807, 2.05) is 55.9 Å². The van der Waals surface area contributed by atoms with Gasteiger partial charge in [-0.1, -0.05) is 18.2 Å². The summed E-state index contributed by atoms with van der Waals surface area (Å²) in [5.41, 5.74) is 1.49. The highest BCUT2D eigenvalue weighted by molar-refractivity contribution is 5.94. The van der Waals surface area contributed by atoms with E-state index in [1.54, 1.807) is 7.05 Å². The van der Waals surface area contributed by atoms with Crippen LogP contribution in [0.3, 0.4) is 0 Å². The third-order valence-electron chi connectivity index (χ3n) is 3.43. The fraction of sp³-hybridized carbons (Fsp3) is 0.357. The summed E-state index contributed by atoms with van der Waals surface area (Å²) in [5, 5.41) is 2.25. The number of carbonyl (C=O) groups excluding carboxylic acids is 1. The lowest BCUT2D eigenvalue weighted by atomic mass is 9.83. The molecular weight excluding hydrogens is 226 g/mol. The Bertz CT molecular complexity index is 596. The fourth-order valence-corrected chi connectivity index (χ4v) is 2.40. The van der Waals surface area contributed by atoms with Gasteiger partial charge in [0.25, 0.3) is 0 Å². The molecule has 0 aliphatic rings. The quantitative estimate of drug-likeness (QED) is 0.498. The first-order valence-electron chi connectivity index (χ1n) is 5.93. The molecule has 0 bridgehead atoms. The highest BCUT2D eigenvalue weighted by atomic mass is 16.2. The van der Waals surface area contributed by atoms with Gasteiger partial charge in [0.1, 0.15) is 0 Å². The number of likely N-dealkylation sites (N-methyl/N-ethyl adjacent to an activating group) is 1. The molecule has 0 aliphatic carbocycles. The summed E-state index contributed by atoms with van der Waals surface area (Å²) < 4.78 is 2.04. The van der Waals surface area contributed by atoms with Crippen LogP contribution in [0.5, 0.6) is 0 Å². The van der Waals surface area contributed by atoms with E-state index in [4.69, 9.17) is 5.84 Å². The van der Waals surface area contributed by atoms with Crippen molar-refractivity contribution in [3.8, 4) is 0 Å². The molecule has 1 aromatic heterocycles. The van der Waals surface area contributed by atoms with Crippen LogP contribution >= 0.6 is 0 Å². The van der Waals surface area contributed by atoms with Gasteiger partial charge in [-0.25, -0.2) is 5.84 Å². The van der Waals surface area contributed by atoms with Gasteiger partial charge in [0.05, 0.1) is 5.41 Å². The summed E-state index contributed by atoms with van der Waals surface area (Å²) in [6, 6.07) is 8.07. The first-order chi connectivity index (χ1) is 8.35. The summed E-state index contributed by atoms with van der Waals surface area (Å²) in [6.07, 6.45) is 2.01. The van der Waals surface area contributed by atoms with Crippen LogP contribution in [0.1, 0.15) is 19.4 Å². The first kappa shape index (κ1) is 12.6.